The van der Waals surface area contributed by atoms with Gasteiger partial charge in [0.25, 0.3) is 0 Å². The number of hydrogen-bond acceptors (Lipinski definition) is 9. The second-order valence-corrected chi connectivity index (χ2v) is 7.83. The van der Waals surface area contributed by atoms with Crippen LogP contribution in [0.25, 0.3) is 22.6 Å². The first-order valence-corrected chi connectivity index (χ1v) is 10.8. The zero-order valence-electron chi connectivity index (χ0n) is 18.2. The maximum Gasteiger partial charge on any atom is 0.237 e. The highest BCUT2D eigenvalue weighted by molar-refractivity contribution is 7.98. The number of thioether (sulfide) groups is 1. The summed E-state index contributed by atoms with van der Waals surface area (Å²) in [6.07, 6.45) is 0. The molecule has 0 atom stereocenters. The van der Waals surface area contributed by atoms with Crippen LogP contribution in [0.5, 0.6) is 17.2 Å². The highest BCUT2D eigenvalue weighted by Crippen LogP contribution is 2.40. The third-order valence-electron chi connectivity index (χ3n) is 4.72. The van der Waals surface area contributed by atoms with Crippen molar-refractivity contribution >= 4 is 11.8 Å². The van der Waals surface area contributed by atoms with Crippen molar-refractivity contribution in [1.29, 1.82) is 0 Å². The van der Waals surface area contributed by atoms with Gasteiger partial charge < -0.3 is 18.7 Å². The summed E-state index contributed by atoms with van der Waals surface area (Å²) in [4.78, 5) is 4.48. The Bertz CT molecular complexity index is 1170. The van der Waals surface area contributed by atoms with Crippen molar-refractivity contribution in [1.82, 2.24) is 20.3 Å². The van der Waals surface area contributed by atoms with Gasteiger partial charge in [0.1, 0.15) is 5.03 Å². The SMILES string of the molecule is COc1cc(-c2noc(CSc3ccc(-c4ccc(C)cc4)nn3)n2)cc(OC)c1OC. The fourth-order valence-electron chi connectivity index (χ4n) is 3.05. The molecule has 164 valence electrons. The van der Waals surface area contributed by atoms with Crippen LogP contribution in [0.2, 0.25) is 0 Å². The summed E-state index contributed by atoms with van der Waals surface area (Å²) in [5.41, 5.74) is 3.77. The van der Waals surface area contributed by atoms with Crippen LogP contribution in [0.4, 0.5) is 0 Å². The number of ether oxygens (including phenoxy) is 3. The van der Waals surface area contributed by atoms with Gasteiger partial charge in [-0.05, 0) is 31.2 Å². The van der Waals surface area contributed by atoms with Crippen LogP contribution in [0.1, 0.15) is 11.5 Å². The van der Waals surface area contributed by atoms with Gasteiger partial charge in [0.2, 0.25) is 17.5 Å². The molecule has 0 amide bonds. The van der Waals surface area contributed by atoms with E-state index in [1.165, 1.54) is 17.3 Å². The molecule has 4 rings (SSSR count). The summed E-state index contributed by atoms with van der Waals surface area (Å²) in [6, 6.07) is 15.6. The van der Waals surface area contributed by atoms with Gasteiger partial charge in [-0.1, -0.05) is 46.7 Å². The molecule has 0 aliphatic heterocycles. The lowest BCUT2D eigenvalue weighted by atomic mass is 10.1. The monoisotopic (exact) mass is 450 g/mol. The highest BCUT2D eigenvalue weighted by atomic mass is 32.2. The van der Waals surface area contributed by atoms with E-state index in [2.05, 4.69) is 39.4 Å². The molecular weight excluding hydrogens is 428 g/mol. The third-order valence-corrected chi connectivity index (χ3v) is 5.63. The van der Waals surface area contributed by atoms with Gasteiger partial charge in [-0.15, -0.1) is 10.2 Å². The van der Waals surface area contributed by atoms with Gasteiger partial charge in [0, 0.05) is 11.1 Å². The predicted octanol–water partition coefficient (Wildman–Crippen LogP) is 4.82. The van der Waals surface area contributed by atoms with Crippen molar-refractivity contribution in [3.8, 4) is 39.9 Å². The van der Waals surface area contributed by atoms with Crippen LogP contribution in [-0.2, 0) is 5.75 Å². The summed E-state index contributed by atoms with van der Waals surface area (Å²) in [7, 11) is 4.68. The van der Waals surface area contributed by atoms with Gasteiger partial charge in [-0.3, -0.25) is 0 Å². The molecule has 4 aromatic rings. The van der Waals surface area contributed by atoms with Crippen LogP contribution < -0.4 is 14.2 Å². The Labute approximate surface area is 189 Å². The van der Waals surface area contributed by atoms with Crippen molar-refractivity contribution in [2.24, 2.45) is 0 Å². The fraction of sp³-hybridized carbons (Fsp3) is 0.217. The molecule has 9 heteroatoms. The number of aromatic nitrogens is 4. The Kier molecular flexibility index (Phi) is 6.55. The Hall–Kier alpha value is -3.59. The molecule has 2 aromatic heterocycles. The van der Waals surface area contributed by atoms with Crippen molar-refractivity contribution in [3.63, 3.8) is 0 Å². The summed E-state index contributed by atoms with van der Waals surface area (Å²) in [5.74, 6) is 2.92. The van der Waals surface area contributed by atoms with E-state index in [1.54, 1.807) is 33.5 Å². The Morgan fingerprint density at radius 2 is 1.56 bits per heavy atom. The van der Waals surface area contributed by atoms with Gasteiger partial charge in [-0.2, -0.15) is 4.98 Å². The molecule has 32 heavy (non-hydrogen) atoms. The minimum atomic E-state index is 0.431. The predicted molar refractivity (Wildman–Crippen MR) is 121 cm³/mol. The molecular formula is C23H22N4O4S. The third kappa shape index (κ3) is 4.67. The molecule has 2 aromatic carbocycles. The number of benzene rings is 2. The largest absolute Gasteiger partial charge is 0.493 e. The zero-order valence-corrected chi connectivity index (χ0v) is 19.0. The smallest absolute Gasteiger partial charge is 0.237 e. The molecule has 0 radical (unpaired) electrons. The standard InChI is InChI=1S/C23H22N4O4S/c1-14-5-7-15(8-6-14)17-9-10-21(26-25-17)32-13-20-24-23(27-31-20)16-11-18(28-2)22(30-4)19(12-16)29-3/h5-12H,13H2,1-4H3. The van der Waals surface area contributed by atoms with E-state index in [0.717, 1.165) is 16.3 Å². The second kappa shape index (κ2) is 9.69. The molecule has 0 fully saturated rings. The highest BCUT2D eigenvalue weighted by Gasteiger charge is 2.17. The number of nitrogens with zero attached hydrogens (tertiary/aromatic N) is 4. The molecule has 0 aliphatic carbocycles. The Balaban J connectivity index is 1.45. The Morgan fingerprint density at radius 3 is 2.16 bits per heavy atom. The molecule has 2 heterocycles. The van der Waals surface area contributed by atoms with E-state index < -0.39 is 0 Å². The van der Waals surface area contributed by atoms with Gasteiger partial charge in [0.15, 0.2) is 11.5 Å². The van der Waals surface area contributed by atoms with Crippen LogP contribution in [0.3, 0.4) is 0 Å². The first kappa shape index (κ1) is 21.6. The lowest BCUT2D eigenvalue weighted by Gasteiger charge is -2.12. The summed E-state index contributed by atoms with van der Waals surface area (Å²) in [5, 5.41) is 13.5. The summed E-state index contributed by atoms with van der Waals surface area (Å²) < 4.78 is 21.5. The maximum absolute atomic E-state index is 5.41. The number of hydrogen-bond donors (Lipinski definition) is 0. The van der Waals surface area contributed by atoms with Crippen molar-refractivity contribution in [3.05, 3.63) is 60.0 Å². The minimum absolute atomic E-state index is 0.431. The molecule has 0 spiro atoms. The normalized spacial score (nSPS) is 10.8. The molecule has 0 saturated heterocycles. The molecule has 0 bridgehead atoms. The maximum atomic E-state index is 5.41. The molecule has 0 unspecified atom stereocenters. The van der Waals surface area contributed by atoms with Crippen molar-refractivity contribution in [2.75, 3.05) is 21.3 Å². The van der Waals surface area contributed by atoms with Crippen LogP contribution in [0, 0.1) is 6.92 Å². The van der Waals surface area contributed by atoms with Crippen molar-refractivity contribution < 1.29 is 18.7 Å². The average Bonchev–Trinajstić information content (AvgIpc) is 3.31. The first-order valence-electron chi connectivity index (χ1n) is 9.77. The minimum Gasteiger partial charge on any atom is -0.493 e. The summed E-state index contributed by atoms with van der Waals surface area (Å²) >= 11 is 1.47. The first-order chi connectivity index (χ1) is 15.6. The van der Waals surface area contributed by atoms with E-state index in [4.69, 9.17) is 18.7 Å². The Morgan fingerprint density at radius 1 is 0.844 bits per heavy atom. The lowest BCUT2D eigenvalue weighted by Crippen LogP contribution is -1.96. The topological polar surface area (TPSA) is 92.4 Å². The second-order valence-electron chi connectivity index (χ2n) is 6.84. The van der Waals surface area contributed by atoms with Crippen LogP contribution in [0.15, 0.2) is 58.1 Å². The molecule has 0 aliphatic rings. The molecule has 0 saturated carbocycles. The van der Waals surface area contributed by atoms with Gasteiger partial charge in [0.05, 0.1) is 32.8 Å². The van der Waals surface area contributed by atoms with Crippen LogP contribution in [-0.4, -0.2) is 41.7 Å². The fourth-order valence-corrected chi connectivity index (χ4v) is 3.70. The van der Waals surface area contributed by atoms with E-state index >= 15 is 0 Å². The van der Waals surface area contributed by atoms with Gasteiger partial charge in [-0.25, -0.2) is 0 Å². The molecule has 8 nitrogen and oxygen atoms in total. The lowest BCUT2D eigenvalue weighted by molar-refractivity contribution is 0.324. The average molecular weight is 451 g/mol. The van der Waals surface area contributed by atoms with E-state index in [1.807, 2.05) is 24.3 Å². The number of rotatable bonds is 8. The van der Waals surface area contributed by atoms with Crippen LogP contribution >= 0.6 is 11.8 Å². The van der Waals surface area contributed by atoms with Crippen molar-refractivity contribution in [2.45, 2.75) is 17.7 Å². The van der Waals surface area contributed by atoms with E-state index in [9.17, 15) is 0 Å². The number of aryl methyl sites for hydroxylation is 1. The van der Waals surface area contributed by atoms with E-state index in [-0.39, 0.29) is 0 Å². The quantitative estimate of drug-likeness (QED) is 0.350. The zero-order chi connectivity index (χ0) is 22.5. The van der Waals surface area contributed by atoms with Gasteiger partial charge >= 0.3 is 0 Å². The summed E-state index contributed by atoms with van der Waals surface area (Å²) in [6.45, 7) is 2.06. The molecule has 0 N–H and O–H groups in total. The van der Waals surface area contributed by atoms with E-state index in [0.29, 0.717) is 40.3 Å². The number of methoxy groups -OCH3 is 3.